The fourth-order valence-corrected chi connectivity index (χ4v) is 15.4. The Labute approximate surface area is 427 Å². The van der Waals surface area contributed by atoms with Crippen molar-refractivity contribution in [3.8, 4) is 0 Å². The number of cyclic esters (lactones) is 1. The Morgan fingerprint density at radius 3 is 2.23 bits per heavy atom. The van der Waals surface area contributed by atoms with Crippen LogP contribution in [-0.4, -0.2) is 175 Å². The molecule has 0 aromatic carbocycles. The summed E-state index contributed by atoms with van der Waals surface area (Å²) in [6.45, 7) is 22.7. The molecule has 15 nitrogen and oxygen atoms in total. The van der Waals surface area contributed by atoms with Gasteiger partial charge in [0, 0.05) is 48.5 Å². The number of nitrogens with zero attached hydrogens (tertiary/aromatic N) is 2. The van der Waals surface area contributed by atoms with Crippen LogP contribution < -0.4 is 5.32 Å². The number of aliphatic hydroxyl groups is 6. The monoisotopic (exact) mass is 1030 g/mol. The Hall–Kier alpha value is -2.09. The van der Waals surface area contributed by atoms with Gasteiger partial charge < -0.3 is 55.1 Å². The quantitative estimate of drug-likeness (QED) is 0.0948. The molecule has 6 unspecified atom stereocenters. The van der Waals surface area contributed by atoms with E-state index in [-0.39, 0.29) is 55.2 Å². The van der Waals surface area contributed by atoms with Crippen LogP contribution in [0.1, 0.15) is 128 Å². The summed E-state index contributed by atoms with van der Waals surface area (Å²) in [5.74, 6) is -5.11. The number of carbonyl (C=O) groups excluding carboxylic acids is 3. The van der Waals surface area contributed by atoms with Gasteiger partial charge in [-0.05, 0) is 134 Å². The normalized spacial score (nSPS) is 48.9. The number of halogens is 2. The minimum atomic E-state index is -1.94. The van der Waals surface area contributed by atoms with Crippen LogP contribution in [-0.2, 0) is 28.6 Å². The van der Waals surface area contributed by atoms with Gasteiger partial charge >= 0.3 is 5.97 Å². The molecule has 2 heterocycles. The van der Waals surface area contributed by atoms with E-state index < -0.39 is 129 Å². The highest BCUT2D eigenvalue weighted by Gasteiger charge is 2.76. The molecule has 71 heavy (non-hydrogen) atoms. The third-order valence-electron chi connectivity index (χ3n) is 19.0. The third kappa shape index (κ3) is 10.1. The first-order valence-corrected chi connectivity index (χ1v) is 26.8. The van der Waals surface area contributed by atoms with E-state index in [1.807, 2.05) is 51.6 Å². The average molecular weight is 1030 g/mol. The fraction of sp³-hybridized carbons (Fsp3) is 0.870. The number of hydrogen-bond acceptors (Lipinski definition) is 14. The molecular formula is C54H89ClFN3O12. The molecule has 6 rings (SSSR count). The molecule has 2 aliphatic heterocycles. The van der Waals surface area contributed by atoms with Crippen LogP contribution >= 0.6 is 11.6 Å². The first-order valence-electron chi connectivity index (χ1n) is 26.4. The predicted molar refractivity (Wildman–Crippen MR) is 268 cm³/mol. The van der Waals surface area contributed by atoms with Gasteiger partial charge in [-0.15, -0.1) is 11.6 Å². The maximum atomic E-state index is 16.2. The number of amides is 1. The first-order chi connectivity index (χ1) is 32.8. The number of ether oxygens (including phenoxy) is 3. The summed E-state index contributed by atoms with van der Waals surface area (Å²) in [6, 6.07) is -0.944. The number of likely N-dealkylation sites (N-methyl/N-ethyl adjacent to an activating group) is 1. The van der Waals surface area contributed by atoms with Crippen molar-refractivity contribution in [2.24, 2.45) is 51.8 Å². The molecule has 1 amide bonds. The number of hydrogen-bond donors (Lipinski definition) is 7. The maximum absolute atomic E-state index is 16.2. The molecule has 0 spiro atoms. The molecule has 3 saturated carbocycles. The summed E-state index contributed by atoms with van der Waals surface area (Å²) in [4.78, 5) is 43.4. The lowest BCUT2D eigenvalue weighted by Gasteiger charge is -2.64. The van der Waals surface area contributed by atoms with Gasteiger partial charge in [0.15, 0.2) is 17.7 Å². The number of carbonyl (C=O) groups is 3. The second-order valence-corrected chi connectivity index (χ2v) is 25.3. The lowest BCUT2D eigenvalue weighted by Crippen LogP contribution is -2.70. The Kier molecular flexibility index (Phi) is 17.3. The SMILES string of the molecule is CC[C@H]1OC(=O)[C@H](C)[C@@H](O)[C@H](C)C(OC2OC(C)C[C@@H](N(C)C)C2O)C(C)(C)C[C@@H](C)CN(CCCNC(=O)[C@@]2(O)[C@H](C)CC3C4C[C@H](F)C5=CC(=O)C=C[C@]5(C)[C@@]4(Cl)[C@@H](O)C[C@@]32C)[C@H](C)[C@@H](O)[C@]1(C)O. The van der Waals surface area contributed by atoms with E-state index >= 15 is 4.39 Å². The standard InChI is InChI=1S/C54H89ClFN3O12/c1-15-41-52(12,67)44(64)33(7)59(27-28(2)25-49(8,9)45(31(5)42(62)32(6)46(65)70-41)71-47-43(63)39(58(13)14)22-30(4)69-47)20-16-19-57-48(66)54(68)29(3)21-35-36-24-38(56)37-23-34(60)17-18-50(37,10)53(36,55)40(61)26-51(35,54)11/h17-18,23,28-33,35-36,38-45,47,61-64,67-68H,15-16,19-22,24-27H2,1-14H3,(H,57,66)/t28-,29-,30?,31+,32-,33-,35?,36?,38+,39-,40+,41-,42+,43?,44-,45?,47?,50+,51+,52-,53+,54+/m1/s1. The molecule has 4 aliphatic carbocycles. The molecule has 0 aromatic rings. The maximum Gasteiger partial charge on any atom is 0.311 e. The molecule has 17 heteroatoms. The van der Waals surface area contributed by atoms with E-state index in [9.17, 15) is 45.0 Å². The van der Waals surface area contributed by atoms with Crippen molar-refractivity contribution < 1.29 is 63.6 Å². The van der Waals surface area contributed by atoms with Crippen LogP contribution in [0.2, 0.25) is 0 Å². The van der Waals surface area contributed by atoms with Gasteiger partial charge in [0.25, 0.3) is 5.91 Å². The van der Waals surface area contributed by atoms with Crippen molar-refractivity contribution in [3.05, 3.63) is 23.8 Å². The van der Waals surface area contributed by atoms with E-state index in [2.05, 4.69) is 12.2 Å². The Morgan fingerprint density at radius 2 is 1.61 bits per heavy atom. The van der Waals surface area contributed by atoms with Crippen molar-refractivity contribution in [2.45, 2.75) is 211 Å². The van der Waals surface area contributed by atoms with Gasteiger partial charge in [-0.25, -0.2) is 4.39 Å². The number of esters is 1. The number of fused-ring (bicyclic) bond motifs is 5. The molecule has 6 aliphatic rings. The van der Waals surface area contributed by atoms with E-state index in [4.69, 9.17) is 25.8 Å². The summed E-state index contributed by atoms with van der Waals surface area (Å²) in [6.07, 6.45) is -3.32. The fourth-order valence-electron chi connectivity index (χ4n) is 14.9. The van der Waals surface area contributed by atoms with Crippen molar-refractivity contribution in [1.29, 1.82) is 0 Å². The van der Waals surface area contributed by atoms with Crippen molar-refractivity contribution in [1.82, 2.24) is 15.1 Å². The molecule has 0 bridgehead atoms. The molecular weight excluding hydrogens is 937 g/mol. The number of alkyl halides is 2. The first kappa shape index (κ1) is 58.2. The van der Waals surface area contributed by atoms with E-state index in [0.29, 0.717) is 38.8 Å². The second-order valence-electron chi connectivity index (χ2n) is 24.7. The van der Waals surface area contributed by atoms with E-state index in [1.165, 1.54) is 19.1 Å². The lowest BCUT2D eigenvalue weighted by atomic mass is 9.45. The summed E-state index contributed by atoms with van der Waals surface area (Å²) in [7, 11) is 3.79. The molecule has 5 fully saturated rings. The van der Waals surface area contributed by atoms with Crippen molar-refractivity contribution >= 4 is 29.3 Å². The number of aliphatic hydroxyl groups excluding tert-OH is 4. The number of rotatable bonds is 9. The summed E-state index contributed by atoms with van der Waals surface area (Å²) >= 11 is 7.54. The predicted octanol–water partition coefficient (Wildman–Crippen LogP) is 4.69. The van der Waals surface area contributed by atoms with Crippen molar-refractivity contribution in [2.75, 3.05) is 33.7 Å². The number of ketones is 1. The minimum Gasteiger partial charge on any atom is -0.459 e. The Morgan fingerprint density at radius 1 is 0.958 bits per heavy atom. The van der Waals surface area contributed by atoms with Gasteiger partial charge in [0.2, 0.25) is 0 Å². The molecule has 2 saturated heterocycles. The zero-order valence-corrected chi connectivity index (χ0v) is 45.7. The van der Waals surface area contributed by atoms with Crippen LogP contribution in [0.3, 0.4) is 0 Å². The van der Waals surface area contributed by atoms with Crippen LogP contribution in [0.25, 0.3) is 0 Å². The number of nitrogens with one attached hydrogen (secondary N) is 1. The summed E-state index contributed by atoms with van der Waals surface area (Å²) < 4.78 is 35.2. The highest BCUT2D eigenvalue weighted by atomic mass is 35.5. The molecule has 0 aromatic heterocycles. The van der Waals surface area contributed by atoms with Gasteiger partial charge in [-0.3, -0.25) is 19.3 Å². The van der Waals surface area contributed by atoms with Gasteiger partial charge in [0.05, 0.1) is 35.2 Å². The molecule has 22 atom stereocenters. The number of allylic oxidation sites excluding steroid dienone is 4. The van der Waals surface area contributed by atoms with E-state index in [0.717, 1.165) is 0 Å². The smallest absolute Gasteiger partial charge is 0.311 e. The van der Waals surface area contributed by atoms with Crippen molar-refractivity contribution in [3.63, 3.8) is 0 Å². The summed E-state index contributed by atoms with van der Waals surface area (Å²) in [5.41, 5.74) is -6.65. The second kappa shape index (κ2) is 21.1. The van der Waals surface area contributed by atoms with Crippen LogP contribution in [0, 0.1) is 51.8 Å². The molecule has 406 valence electrons. The summed E-state index contributed by atoms with van der Waals surface area (Å²) in [5, 5.41) is 75.4. The minimum absolute atomic E-state index is 0.0223. The van der Waals surface area contributed by atoms with Crippen LogP contribution in [0.4, 0.5) is 4.39 Å². The highest BCUT2D eigenvalue weighted by Crippen LogP contribution is 2.71. The zero-order chi connectivity index (χ0) is 53.3. The third-order valence-corrected chi connectivity index (χ3v) is 19.9. The van der Waals surface area contributed by atoms with Gasteiger partial charge in [0.1, 0.15) is 30.1 Å². The largest absolute Gasteiger partial charge is 0.459 e. The average Bonchev–Trinajstić information content (AvgIpc) is 3.49. The van der Waals surface area contributed by atoms with Gasteiger partial charge in [-0.2, -0.15) is 0 Å². The molecule has 0 radical (unpaired) electrons. The Balaban J connectivity index is 1.23. The topological polar surface area (TPSA) is 219 Å². The Bertz CT molecular complexity index is 2010. The highest BCUT2D eigenvalue weighted by molar-refractivity contribution is 6.26. The lowest BCUT2D eigenvalue weighted by molar-refractivity contribution is -0.290. The van der Waals surface area contributed by atoms with Crippen LogP contribution in [0.15, 0.2) is 23.8 Å². The van der Waals surface area contributed by atoms with Crippen LogP contribution in [0.5, 0.6) is 0 Å². The zero-order valence-electron chi connectivity index (χ0n) is 44.9. The molecule has 7 N–H and O–H groups in total. The van der Waals surface area contributed by atoms with Gasteiger partial charge in [-0.1, -0.05) is 61.5 Å². The van der Waals surface area contributed by atoms with E-state index in [1.54, 1.807) is 47.6 Å².